The number of allylic oxidation sites excluding steroid dienone is 1. The van der Waals surface area contributed by atoms with Crippen molar-refractivity contribution in [2.24, 2.45) is 28.6 Å². The van der Waals surface area contributed by atoms with Crippen LogP contribution < -0.4 is 0 Å². The normalized spacial score (nSPS) is 41.9. The maximum Gasteiger partial charge on any atom is 0.254 e. The van der Waals surface area contributed by atoms with Crippen LogP contribution in [-0.2, 0) is 4.79 Å². The summed E-state index contributed by atoms with van der Waals surface area (Å²) in [5, 5.41) is 42.6. The highest BCUT2D eigenvalue weighted by Gasteiger charge is 2.67. The molecule has 5 aliphatic carbocycles. The number of aliphatic hydroxyl groups is 3. The van der Waals surface area contributed by atoms with Gasteiger partial charge in [0.15, 0.2) is 5.78 Å². The SMILES string of the molecule is CC([C@H]1CC[C@@]2(O)C3=CC(=O)[C@@H]4C[C@@H](O)[C@@H](O)C[C@]4(C)C3CC[C@]12C)N(C(=O)c1ccc(C#N)cc1)C1CC1. The Morgan fingerprint density at radius 3 is 2.38 bits per heavy atom. The molecule has 6 rings (SSSR count). The van der Waals surface area contributed by atoms with E-state index in [-0.39, 0.29) is 47.9 Å². The Bertz CT molecular complexity index is 1260. The van der Waals surface area contributed by atoms with Crippen LogP contribution in [0.25, 0.3) is 0 Å². The van der Waals surface area contributed by atoms with Crippen molar-refractivity contribution in [3.8, 4) is 6.07 Å². The first-order valence-electron chi connectivity index (χ1n) is 14.6. The summed E-state index contributed by atoms with van der Waals surface area (Å²) in [7, 11) is 0. The zero-order valence-electron chi connectivity index (χ0n) is 23.1. The molecule has 9 atom stereocenters. The highest BCUT2D eigenvalue weighted by Crippen LogP contribution is 2.67. The summed E-state index contributed by atoms with van der Waals surface area (Å²) >= 11 is 0. The van der Waals surface area contributed by atoms with E-state index in [1.807, 2.05) is 4.90 Å². The predicted molar refractivity (Wildman–Crippen MR) is 144 cm³/mol. The number of rotatable bonds is 4. The minimum atomic E-state index is -1.15. The van der Waals surface area contributed by atoms with Crippen LogP contribution in [0.15, 0.2) is 35.9 Å². The summed E-state index contributed by atoms with van der Waals surface area (Å²) in [6.07, 6.45) is 5.38. The summed E-state index contributed by atoms with van der Waals surface area (Å²) in [6.45, 7) is 6.33. The van der Waals surface area contributed by atoms with Crippen LogP contribution in [0.5, 0.6) is 0 Å². The standard InChI is InChI=1S/C32H40N2O5/c1-18(34(21-8-9-21)29(38)20-6-4-19(17-33)5-7-20)22-11-13-32(39)24-14-26(35)25-15-27(36)28(37)16-30(25,2)23(24)10-12-31(22,32)3/h4-7,14,18,21-23,25,27-28,36-37,39H,8-13,15-16H2,1-3H3/t18?,22-,23?,25+,27-,28+,30-,31-,32-/m1/s1. The van der Waals surface area contributed by atoms with Crippen LogP contribution in [-0.4, -0.2) is 61.8 Å². The molecule has 0 heterocycles. The molecule has 0 aliphatic heterocycles. The lowest BCUT2D eigenvalue weighted by Gasteiger charge is -2.60. The fourth-order valence-corrected chi connectivity index (χ4v) is 9.25. The van der Waals surface area contributed by atoms with Gasteiger partial charge in [-0.15, -0.1) is 0 Å². The number of fused-ring (bicyclic) bond motifs is 5. The largest absolute Gasteiger partial charge is 0.390 e. The Morgan fingerprint density at radius 2 is 1.74 bits per heavy atom. The minimum Gasteiger partial charge on any atom is -0.390 e. The highest BCUT2D eigenvalue weighted by atomic mass is 16.3. The molecule has 1 amide bonds. The predicted octanol–water partition coefficient (Wildman–Crippen LogP) is 3.76. The number of carbonyl (C=O) groups is 2. The Kier molecular flexibility index (Phi) is 6.15. The Morgan fingerprint density at radius 1 is 1.05 bits per heavy atom. The molecule has 4 fully saturated rings. The van der Waals surface area contributed by atoms with Crippen LogP contribution in [0, 0.1) is 39.9 Å². The molecule has 1 aromatic rings. The smallest absolute Gasteiger partial charge is 0.254 e. The molecule has 7 heteroatoms. The van der Waals surface area contributed by atoms with Gasteiger partial charge in [-0.05, 0) is 111 Å². The average molecular weight is 533 g/mol. The lowest BCUT2D eigenvalue weighted by molar-refractivity contribution is -0.153. The zero-order valence-corrected chi connectivity index (χ0v) is 23.1. The van der Waals surface area contributed by atoms with Gasteiger partial charge in [0.05, 0.1) is 29.4 Å². The maximum absolute atomic E-state index is 13.8. The number of nitrogens with zero attached hydrogens (tertiary/aromatic N) is 2. The molecule has 2 unspecified atom stereocenters. The molecule has 1 aromatic carbocycles. The number of hydrogen-bond acceptors (Lipinski definition) is 6. The molecule has 208 valence electrons. The van der Waals surface area contributed by atoms with Crippen molar-refractivity contribution in [3.05, 3.63) is 47.0 Å². The van der Waals surface area contributed by atoms with Crippen molar-refractivity contribution in [1.29, 1.82) is 5.26 Å². The molecule has 5 aliphatic rings. The third kappa shape index (κ3) is 3.78. The average Bonchev–Trinajstić information content (AvgIpc) is 3.69. The molecule has 0 spiro atoms. The van der Waals surface area contributed by atoms with E-state index in [1.165, 1.54) is 0 Å². The van der Waals surface area contributed by atoms with Gasteiger partial charge in [-0.25, -0.2) is 0 Å². The molecule has 39 heavy (non-hydrogen) atoms. The number of nitriles is 1. The number of benzene rings is 1. The molecule has 7 nitrogen and oxygen atoms in total. The molecule has 3 N–H and O–H groups in total. The number of hydrogen-bond donors (Lipinski definition) is 3. The van der Waals surface area contributed by atoms with Gasteiger partial charge in [0, 0.05) is 29.0 Å². The first-order valence-corrected chi connectivity index (χ1v) is 14.6. The fraction of sp³-hybridized carbons (Fsp3) is 0.656. The second-order valence-corrected chi connectivity index (χ2v) is 13.5. The van der Waals surface area contributed by atoms with Crippen molar-refractivity contribution >= 4 is 11.7 Å². The lowest BCUT2D eigenvalue weighted by atomic mass is 9.46. The van der Waals surface area contributed by atoms with E-state index < -0.39 is 28.6 Å². The summed E-state index contributed by atoms with van der Waals surface area (Å²) in [5.74, 6) is -0.371. The van der Waals surface area contributed by atoms with Gasteiger partial charge in [0.25, 0.3) is 5.91 Å². The molecule has 4 saturated carbocycles. The Hall–Kier alpha value is -2.53. The van der Waals surface area contributed by atoms with E-state index >= 15 is 0 Å². The quantitative estimate of drug-likeness (QED) is 0.543. The van der Waals surface area contributed by atoms with Gasteiger partial charge in [-0.3, -0.25) is 9.59 Å². The number of aliphatic hydroxyl groups excluding tert-OH is 2. The van der Waals surface area contributed by atoms with Crippen LogP contribution in [0.3, 0.4) is 0 Å². The molecular weight excluding hydrogens is 492 g/mol. The van der Waals surface area contributed by atoms with E-state index in [0.717, 1.165) is 37.7 Å². The third-order valence-electron chi connectivity index (χ3n) is 11.6. The van der Waals surface area contributed by atoms with Gasteiger partial charge in [-0.1, -0.05) is 13.8 Å². The van der Waals surface area contributed by atoms with Gasteiger partial charge in [0.2, 0.25) is 0 Å². The van der Waals surface area contributed by atoms with Crippen molar-refractivity contribution in [3.63, 3.8) is 0 Å². The van der Waals surface area contributed by atoms with Crippen molar-refractivity contribution < 1.29 is 24.9 Å². The van der Waals surface area contributed by atoms with E-state index in [4.69, 9.17) is 5.26 Å². The topological polar surface area (TPSA) is 122 Å². The van der Waals surface area contributed by atoms with E-state index in [0.29, 0.717) is 24.0 Å². The second-order valence-electron chi connectivity index (χ2n) is 13.5. The van der Waals surface area contributed by atoms with Gasteiger partial charge in [-0.2, -0.15) is 5.26 Å². The van der Waals surface area contributed by atoms with E-state index in [9.17, 15) is 24.9 Å². The van der Waals surface area contributed by atoms with Crippen molar-refractivity contribution in [2.75, 3.05) is 0 Å². The van der Waals surface area contributed by atoms with Gasteiger partial charge in [0.1, 0.15) is 0 Å². The van der Waals surface area contributed by atoms with Crippen LogP contribution in [0.2, 0.25) is 0 Å². The molecule has 0 bridgehead atoms. The first-order chi connectivity index (χ1) is 18.4. The first kappa shape index (κ1) is 26.7. The minimum absolute atomic E-state index is 0.0192. The van der Waals surface area contributed by atoms with E-state index in [2.05, 4.69) is 26.8 Å². The lowest BCUT2D eigenvalue weighted by Crippen LogP contribution is -2.61. The van der Waals surface area contributed by atoms with Gasteiger partial charge < -0.3 is 20.2 Å². The molecule has 0 radical (unpaired) electrons. The number of carbonyl (C=O) groups excluding carboxylic acids is 2. The number of ketones is 1. The summed E-state index contributed by atoms with van der Waals surface area (Å²) in [4.78, 5) is 29.2. The van der Waals surface area contributed by atoms with Crippen LogP contribution in [0.1, 0.15) is 88.1 Å². The van der Waals surface area contributed by atoms with Gasteiger partial charge >= 0.3 is 0 Å². The summed E-state index contributed by atoms with van der Waals surface area (Å²) in [5.41, 5.74) is -0.224. The third-order valence-corrected chi connectivity index (χ3v) is 11.6. The maximum atomic E-state index is 13.8. The Labute approximate surface area is 230 Å². The second kappa shape index (κ2) is 8.99. The fourth-order valence-electron chi connectivity index (χ4n) is 9.25. The van der Waals surface area contributed by atoms with Crippen LogP contribution in [0.4, 0.5) is 0 Å². The zero-order chi connectivity index (χ0) is 27.9. The monoisotopic (exact) mass is 532 g/mol. The summed E-state index contributed by atoms with van der Waals surface area (Å²) in [6, 6.07) is 9.02. The summed E-state index contributed by atoms with van der Waals surface area (Å²) < 4.78 is 0. The Balaban J connectivity index is 1.32. The van der Waals surface area contributed by atoms with Crippen molar-refractivity contribution in [2.45, 2.75) is 102 Å². The van der Waals surface area contributed by atoms with E-state index in [1.54, 1.807) is 30.3 Å². The molecule has 0 aromatic heterocycles. The molecule has 0 saturated heterocycles. The molecular formula is C32H40N2O5. The van der Waals surface area contributed by atoms with Crippen LogP contribution >= 0.6 is 0 Å². The number of amides is 1. The van der Waals surface area contributed by atoms with Crippen molar-refractivity contribution in [1.82, 2.24) is 4.90 Å². The highest BCUT2D eigenvalue weighted by molar-refractivity contribution is 5.95.